The zero-order valence-corrected chi connectivity index (χ0v) is 47.7. The molecule has 0 aliphatic carbocycles. The number of hydrogen-bond acceptors (Lipinski definition) is 15. The number of phenolic OH excluding ortho intramolecular Hbond substituents is 1. The van der Waals surface area contributed by atoms with E-state index in [-0.39, 0.29) is 117 Å². The average molecular weight is 1220 g/mol. The molecule has 18 nitrogen and oxygen atoms in total. The third kappa shape index (κ3) is 13.3. The van der Waals surface area contributed by atoms with Gasteiger partial charge in [-0.3, -0.25) is 14.1 Å². The van der Waals surface area contributed by atoms with Crippen LogP contribution in [-0.4, -0.2) is 106 Å². The van der Waals surface area contributed by atoms with E-state index < -0.39 is 53.3 Å². The first-order valence-electron chi connectivity index (χ1n) is 22.1. The maximum Gasteiger partial charge on any atom is 2.00 e. The van der Waals surface area contributed by atoms with Crippen LogP contribution in [0.4, 0.5) is 34.1 Å². The van der Waals surface area contributed by atoms with Gasteiger partial charge in [-0.1, -0.05) is 91.3 Å². The first kappa shape index (κ1) is 57.9. The van der Waals surface area contributed by atoms with Gasteiger partial charge in [0.05, 0.1) is 51.8 Å². The second kappa shape index (κ2) is 25.0. The summed E-state index contributed by atoms with van der Waals surface area (Å²) in [5.74, 6) is -1.05. The van der Waals surface area contributed by atoms with E-state index in [0.717, 1.165) is 0 Å². The van der Waals surface area contributed by atoms with Crippen molar-refractivity contribution in [2.24, 2.45) is 20.5 Å². The molecule has 0 aliphatic heterocycles. The van der Waals surface area contributed by atoms with Crippen molar-refractivity contribution < 1.29 is 55.2 Å². The summed E-state index contributed by atoms with van der Waals surface area (Å²) < 4.78 is 79.0. The molecule has 0 saturated carbocycles. The predicted molar refractivity (Wildman–Crippen MR) is 284 cm³/mol. The number of carbonyl (C=O) groups is 2. The molecule has 0 spiro atoms. The van der Waals surface area contributed by atoms with Gasteiger partial charge in [0.25, 0.3) is 21.9 Å². The Balaban J connectivity index is 0.000000241. The van der Waals surface area contributed by atoms with Gasteiger partial charge in [0.2, 0.25) is 0 Å². The molecule has 23 heteroatoms. The van der Waals surface area contributed by atoms with Crippen molar-refractivity contribution in [3.8, 4) is 23.0 Å². The fourth-order valence-electron chi connectivity index (χ4n) is 7.72. The number of aromatic hydroxyl groups is 1. The Morgan fingerprint density at radius 1 is 0.600 bits per heavy atom. The first-order chi connectivity index (χ1) is 35.3. The summed E-state index contributed by atoms with van der Waals surface area (Å²) in [5, 5.41) is 48.2. The van der Waals surface area contributed by atoms with Gasteiger partial charge >= 0.3 is 48.9 Å². The summed E-state index contributed by atoms with van der Waals surface area (Å²) in [6, 6.07) is 35.5. The van der Waals surface area contributed by atoms with Crippen LogP contribution in [0.1, 0.15) is 45.7 Å². The number of methoxy groups -OCH3 is 2. The van der Waals surface area contributed by atoms with Crippen LogP contribution in [0, 0.1) is 0 Å². The second-order valence-electron chi connectivity index (χ2n) is 15.8. The molecule has 380 valence electrons. The van der Waals surface area contributed by atoms with Crippen molar-refractivity contribution in [1.29, 1.82) is 0 Å². The van der Waals surface area contributed by atoms with Crippen LogP contribution in [0.2, 0.25) is 10.0 Å². The number of nitrogens with one attached hydrogen (secondary N) is 2. The minimum atomic E-state index is -4.88. The molecule has 0 unspecified atom stereocenters. The van der Waals surface area contributed by atoms with E-state index in [4.69, 9.17) is 32.7 Å². The van der Waals surface area contributed by atoms with E-state index in [9.17, 15) is 45.7 Å². The molecule has 0 radical (unpaired) electrons. The van der Waals surface area contributed by atoms with Gasteiger partial charge in [-0.15, -0.1) is 5.11 Å². The number of hydrogen-bond donors (Lipinski definition) is 4. The van der Waals surface area contributed by atoms with Gasteiger partial charge in [0, 0.05) is 33.3 Å². The maximum absolute atomic E-state index is 13.4. The fraction of sp³-hybridized carbons (Fsp3) is 0.115. The summed E-state index contributed by atoms with van der Waals surface area (Å²) >= 11 is 12.0. The molecule has 0 atom stereocenters. The van der Waals surface area contributed by atoms with Crippen LogP contribution in [-0.2, 0) is 33.1 Å². The quantitative estimate of drug-likeness (QED) is 0.0449. The molecule has 8 aromatic rings. The Bertz CT molecular complexity index is 3530. The predicted octanol–water partition coefficient (Wildman–Crippen LogP) is 12.0. The minimum Gasteiger partial charge on any atom is -0.870 e. The minimum absolute atomic E-state index is 0. The van der Waals surface area contributed by atoms with E-state index in [1.54, 1.807) is 117 Å². The summed E-state index contributed by atoms with van der Waals surface area (Å²) in [6.07, 6.45) is 0.308. The Kier molecular flexibility index (Phi) is 19.3. The molecule has 0 aliphatic rings. The van der Waals surface area contributed by atoms with Crippen molar-refractivity contribution in [2.75, 3.05) is 24.9 Å². The van der Waals surface area contributed by atoms with Gasteiger partial charge < -0.3 is 34.9 Å². The average Bonchev–Trinajstić information content (AvgIpc) is 3.37. The first-order valence-corrected chi connectivity index (χ1v) is 25.7. The van der Waals surface area contributed by atoms with Gasteiger partial charge in [0.15, 0.2) is 5.75 Å². The smallest absolute Gasteiger partial charge is 0.870 e. The summed E-state index contributed by atoms with van der Waals surface area (Å²) in [6.45, 7) is 3.31. The molecule has 75 heavy (non-hydrogen) atoms. The fourth-order valence-corrected chi connectivity index (χ4v) is 10.4. The van der Waals surface area contributed by atoms with E-state index in [1.165, 1.54) is 44.6 Å². The number of anilines is 2. The van der Waals surface area contributed by atoms with Crippen LogP contribution in [0.25, 0.3) is 21.5 Å². The van der Waals surface area contributed by atoms with Crippen LogP contribution < -0.4 is 25.2 Å². The molecule has 0 heterocycles. The molecule has 2 amide bonds. The number of benzene rings is 8. The molecule has 4 N–H and O–H groups in total. The normalized spacial score (nSPS) is 11.5. The number of fused-ring (bicyclic) bond motifs is 2. The molecule has 8 aromatic carbocycles. The van der Waals surface area contributed by atoms with Gasteiger partial charge in [-0.2, -0.15) is 23.8 Å². The zero-order valence-electron chi connectivity index (χ0n) is 40.2. The van der Waals surface area contributed by atoms with E-state index in [1.807, 2.05) is 0 Å². The molecule has 0 saturated heterocycles. The molecule has 8 rings (SSSR count). The van der Waals surface area contributed by atoms with Crippen LogP contribution in [0.5, 0.6) is 23.0 Å². The Morgan fingerprint density at radius 2 is 1.01 bits per heavy atom. The SMILES string of the molecule is CCc1c(N=Nc2c(O)c(C(=O)Nc3ccc(OC)cc3)cc3ccccc23)ccc(Cl)c1S(=O)(=O)O.CCc1c(N=Nc2c([O-])c(C(=O)Nc3ccc(OC)cc3)cc3ccccc23)ccc(Cl)c1S(=O)(=O)[O-].[Ba+2]. The number of rotatable bonds is 14. The largest absolute Gasteiger partial charge is 2.00 e. The summed E-state index contributed by atoms with van der Waals surface area (Å²) in [7, 11) is -6.44. The Hall–Kier alpha value is -6.41. The van der Waals surface area contributed by atoms with Crippen LogP contribution >= 0.6 is 23.2 Å². The second-order valence-corrected chi connectivity index (χ2v) is 19.3. The van der Waals surface area contributed by atoms with Crippen LogP contribution in [0.15, 0.2) is 164 Å². The molecular formula is C52H42BaCl2N6O12S2. The number of phenols is 1. The maximum atomic E-state index is 13.4. The van der Waals surface area contributed by atoms with Gasteiger partial charge in [0.1, 0.15) is 32.2 Å². The number of halogens is 2. The number of azo groups is 2. The third-order valence-electron chi connectivity index (χ3n) is 11.3. The number of amides is 2. The number of nitrogens with zero attached hydrogens (tertiary/aromatic N) is 4. The van der Waals surface area contributed by atoms with Gasteiger partial charge in [-0.25, -0.2) is 8.42 Å². The Labute approximate surface area is 481 Å². The van der Waals surface area contributed by atoms with Crippen LogP contribution in [0.3, 0.4) is 0 Å². The molecule has 0 aromatic heterocycles. The number of carbonyl (C=O) groups excluding carboxylic acids is 2. The Morgan fingerprint density at radius 3 is 1.47 bits per heavy atom. The van der Waals surface area contributed by atoms with E-state index in [2.05, 4.69) is 31.1 Å². The standard InChI is InChI=1S/2C26H22ClN3O6S.Ba/c2*1-3-18-22(13-12-21(27)25(18)37(33,34)35)29-30-23-19-7-5-4-6-15(19)14-20(24(23)31)26(32)28-16-8-10-17(36-2)11-9-16;/h2*4-14,31H,3H2,1-2H3,(H,28,32)(H,33,34,35);/q;;+2/p-2. The van der Waals surface area contributed by atoms with Crippen molar-refractivity contribution >= 4 is 160 Å². The molecular weight excluding hydrogens is 1170 g/mol. The van der Waals surface area contributed by atoms with E-state index in [0.29, 0.717) is 44.4 Å². The van der Waals surface area contributed by atoms with Crippen molar-refractivity contribution in [3.05, 3.63) is 166 Å². The molecule has 0 fully saturated rings. The van der Waals surface area contributed by atoms with Crippen molar-refractivity contribution in [2.45, 2.75) is 36.5 Å². The summed E-state index contributed by atoms with van der Waals surface area (Å²) in [4.78, 5) is 25.1. The van der Waals surface area contributed by atoms with E-state index >= 15 is 0 Å². The van der Waals surface area contributed by atoms with Crippen molar-refractivity contribution in [1.82, 2.24) is 0 Å². The molecule has 0 bridgehead atoms. The number of ether oxygens (including phenoxy) is 2. The monoisotopic (exact) mass is 1210 g/mol. The third-order valence-corrected chi connectivity index (χ3v) is 14.1. The summed E-state index contributed by atoms with van der Waals surface area (Å²) in [5.41, 5.74) is 1.12. The zero-order chi connectivity index (χ0) is 53.5. The van der Waals surface area contributed by atoms with Gasteiger partial charge in [-0.05, 0) is 114 Å². The van der Waals surface area contributed by atoms with Crippen molar-refractivity contribution in [3.63, 3.8) is 0 Å². The topological polar surface area (TPSA) is 281 Å².